The predicted molar refractivity (Wildman–Crippen MR) is 139 cm³/mol. The first kappa shape index (κ1) is 22.1. The number of hydrogen-bond acceptors (Lipinski definition) is 7. The maximum absolute atomic E-state index is 13.6. The number of carbonyl (C=O) groups is 1. The first-order valence-electron chi connectivity index (χ1n) is 11.3. The largest absolute Gasteiger partial charge is 0.382 e. The third-order valence-electron chi connectivity index (χ3n) is 5.94. The lowest BCUT2D eigenvalue weighted by Gasteiger charge is -2.28. The lowest BCUT2D eigenvalue weighted by atomic mass is 9.93. The molecule has 0 spiro atoms. The van der Waals surface area contributed by atoms with Gasteiger partial charge in [-0.3, -0.25) is 4.79 Å². The van der Waals surface area contributed by atoms with Crippen LogP contribution in [0.3, 0.4) is 0 Å². The number of aryl methyl sites for hydroxylation is 1. The quantitative estimate of drug-likeness (QED) is 0.362. The molecule has 1 fully saturated rings. The van der Waals surface area contributed by atoms with Gasteiger partial charge in [0.2, 0.25) is 5.78 Å². The minimum Gasteiger partial charge on any atom is -0.382 e. The molecular weight excluding hydrogens is 444 g/mol. The van der Waals surface area contributed by atoms with Gasteiger partial charge in [-0.2, -0.15) is 0 Å². The summed E-state index contributed by atoms with van der Waals surface area (Å²) < 4.78 is 5.43. The van der Waals surface area contributed by atoms with Crippen molar-refractivity contribution in [3.05, 3.63) is 88.8 Å². The summed E-state index contributed by atoms with van der Waals surface area (Å²) in [7, 11) is 0. The third kappa shape index (κ3) is 4.53. The molecule has 0 saturated carbocycles. The second-order valence-corrected chi connectivity index (χ2v) is 9.20. The summed E-state index contributed by atoms with van der Waals surface area (Å²) in [5.74, 6) is 0.132. The van der Waals surface area contributed by atoms with Crippen LogP contribution in [0, 0.1) is 6.92 Å². The Morgan fingerprint density at radius 2 is 1.74 bits per heavy atom. The fourth-order valence-electron chi connectivity index (χ4n) is 4.19. The van der Waals surface area contributed by atoms with Crippen LogP contribution in [-0.2, 0) is 4.74 Å². The van der Waals surface area contributed by atoms with Crippen LogP contribution in [0.25, 0.3) is 11.1 Å². The molecule has 1 aromatic heterocycles. The van der Waals surface area contributed by atoms with E-state index in [1.807, 2.05) is 67.6 Å². The van der Waals surface area contributed by atoms with Gasteiger partial charge in [0.15, 0.2) is 5.13 Å². The van der Waals surface area contributed by atoms with Crippen LogP contribution in [-0.4, -0.2) is 37.1 Å². The fourth-order valence-corrected chi connectivity index (χ4v) is 5.04. The highest BCUT2D eigenvalue weighted by atomic mass is 32.1. The molecular formula is C27H26N4O2S. The van der Waals surface area contributed by atoms with Crippen molar-refractivity contribution in [1.29, 1.82) is 0 Å². The number of thiazole rings is 1. The Kier molecular flexibility index (Phi) is 6.29. The molecule has 3 aromatic carbocycles. The highest BCUT2D eigenvalue weighted by Crippen LogP contribution is 2.34. The van der Waals surface area contributed by atoms with E-state index in [0.717, 1.165) is 54.4 Å². The van der Waals surface area contributed by atoms with Crippen LogP contribution in [0.5, 0.6) is 0 Å². The van der Waals surface area contributed by atoms with Crippen molar-refractivity contribution in [3.63, 3.8) is 0 Å². The maximum atomic E-state index is 13.6. The molecule has 7 heteroatoms. The van der Waals surface area contributed by atoms with Crippen LogP contribution in [0.2, 0.25) is 0 Å². The monoisotopic (exact) mass is 470 g/mol. The first-order chi connectivity index (χ1) is 16.6. The van der Waals surface area contributed by atoms with Crippen molar-refractivity contribution < 1.29 is 9.53 Å². The molecule has 1 saturated heterocycles. The number of aromatic nitrogens is 1. The van der Waals surface area contributed by atoms with E-state index in [-0.39, 0.29) is 11.6 Å². The Labute approximate surface area is 203 Å². The molecule has 0 bridgehead atoms. The van der Waals surface area contributed by atoms with Gasteiger partial charge in [0, 0.05) is 30.0 Å². The van der Waals surface area contributed by atoms with Gasteiger partial charge < -0.3 is 20.7 Å². The van der Waals surface area contributed by atoms with E-state index in [9.17, 15) is 4.79 Å². The van der Waals surface area contributed by atoms with Gasteiger partial charge in [0.1, 0.15) is 10.7 Å². The molecule has 34 heavy (non-hydrogen) atoms. The number of carbonyl (C=O) groups excluding carboxylic acids is 1. The molecule has 172 valence electrons. The van der Waals surface area contributed by atoms with Crippen LogP contribution >= 0.6 is 11.3 Å². The second-order valence-electron chi connectivity index (χ2n) is 8.20. The number of rotatable bonds is 6. The summed E-state index contributed by atoms with van der Waals surface area (Å²) in [5.41, 5.74) is 11.7. The van der Waals surface area contributed by atoms with Crippen molar-refractivity contribution in [2.75, 3.05) is 42.3 Å². The van der Waals surface area contributed by atoms with Crippen molar-refractivity contribution in [2.45, 2.75) is 6.92 Å². The average Bonchev–Trinajstić information content (AvgIpc) is 3.24. The highest BCUT2D eigenvalue weighted by molar-refractivity contribution is 7.18. The number of nitrogens with two attached hydrogens (primary N) is 1. The molecule has 1 aliphatic heterocycles. The van der Waals surface area contributed by atoms with E-state index in [1.54, 1.807) is 0 Å². The Morgan fingerprint density at radius 1 is 1.00 bits per heavy atom. The number of nitrogens with one attached hydrogen (secondary N) is 1. The zero-order valence-corrected chi connectivity index (χ0v) is 19.8. The summed E-state index contributed by atoms with van der Waals surface area (Å²) in [6, 6.07) is 24.0. The predicted octanol–water partition coefficient (Wildman–Crippen LogP) is 5.51. The standard InChI is InChI=1S/C27H26N4O2S/c1-18-6-5-9-22(19-7-3-2-4-8-19)23(18)24(32)25-26(28)30-27(34-25)29-20-10-12-21(13-11-20)31-14-16-33-17-15-31/h2-13H,14-17,28H2,1H3,(H,29,30). The van der Waals surface area contributed by atoms with Gasteiger partial charge in [0.05, 0.1) is 13.2 Å². The van der Waals surface area contributed by atoms with Crippen LogP contribution < -0.4 is 16.0 Å². The van der Waals surface area contributed by atoms with E-state index < -0.39 is 0 Å². The number of morpholine rings is 1. The number of nitrogen functional groups attached to an aromatic ring is 1. The molecule has 0 atom stereocenters. The first-order valence-corrected chi connectivity index (χ1v) is 12.1. The highest BCUT2D eigenvalue weighted by Gasteiger charge is 2.23. The zero-order chi connectivity index (χ0) is 23.5. The summed E-state index contributed by atoms with van der Waals surface area (Å²) in [6.45, 7) is 5.24. The van der Waals surface area contributed by atoms with Crippen LogP contribution in [0.4, 0.5) is 22.3 Å². The Balaban J connectivity index is 1.39. The van der Waals surface area contributed by atoms with Crippen LogP contribution in [0.1, 0.15) is 20.8 Å². The Hall–Kier alpha value is -3.68. The summed E-state index contributed by atoms with van der Waals surface area (Å²) in [4.78, 5) is 20.8. The van der Waals surface area contributed by atoms with Crippen molar-refractivity contribution in [2.24, 2.45) is 0 Å². The molecule has 3 N–H and O–H groups in total. The van der Waals surface area contributed by atoms with E-state index >= 15 is 0 Å². The SMILES string of the molecule is Cc1cccc(-c2ccccc2)c1C(=O)c1sc(Nc2ccc(N3CCOCC3)cc2)nc1N. The molecule has 1 aliphatic rings. The van der Waals surface area contributed by atoms with E-state index in [4.69, 9.17) is 10.5 Å². The number of ketones is 1. The molecule has 2 heterocycles. The Bertz CT molecular complexity index is 1300. The smallest absolute Gasteiger partial charge is 0.207 e. The maximum Gasteiger partial charge on any atom is 0.207 e. The summed E-state index contributed by atoms with van der Waals surface area (Å²) in [6.07, 6.45) is 0. The van der Waals surface area contributed by atoms with E-state index in [0.29, 0.717) is 15.6 Å². The summed E-state index contributed by atoms with van der Waals surface area (Å²) in [5, 5.41) is 3.89. The molecule has 0 unspecified atom stereocenters. The normalized spacial score (nSPS) is 13.6. The Morgan fingerprint density at radius 3 is 2.47 bits per heavy atom. The minimum atomic E-state index is -0.109. The number of nitrogens with zero attached hydrogens (tertiary/aromatic N) is 2. The van der Waals surface area contributed by atoms with Gasteiger partial charge in [-0.15, -0.1) is 0 Å². The number of hydrogen-bond donors (Lipinski definition) is 2. The minimum absolute atomic E-state index is 0.109. The molecule has 0 aliphatic carbocycles. The van der Waals surface area contributed by atoms with E-state index in [2.05, 4.69) is 27.3 Å². The molecule has 5 rings (SSSR count). The van der Waals surface area contributed by atoms with Crippen LogP contribution in [0.15, 0.2) is 72.8 Å². The molecule has 0 radical (unpaired) electrons. The summed E-state index contributed by atoms with van der Waals surface area (Å²) >= 11 is 1.28. The molecule has 6 nitrogen and oxygen atoms in total. The number of ether oxygens (including phenoxy) is 1. The van der Waals surface area contributed by atoms with Gasteiger partial charge >= 0.3 is 0 Å². The number of anilines is 4. The molecule has 0 amide bonds. The van der Waals surface area contributed by atoms with Crippen molar-refractivity contribution in [1.82, 2.24) is 4.98 Å². The van der Waals surface area contributed by atoms with E-state index in [1.165, 1.54) is 11.3 Å². The van der Waals surface area contributed by atoms with Crippen molar-refractivity contribution in [3.8, 4) is 11.1 Å². The lowest BCUT2D eigenvalue weighted by Crippen LogP contribution is -2.36. The van der Waals surface area contributed by atoms with Crippen molar-refractivity contribution >= 4 is 39.4 Å². The third-order valence-corrected chi connectivity index (χ3v) is 6.92. The zero-order valence-electron chi connectivity index (χ0n) is 19.0. The second kappa shape index (κ2) is 9.67. The number of benzene rings is 3. The average molecular weight is 471 g/mol. The van der Waals surface area contributed by atoms with Gasteiger partial charge in [-0.1, -0.05) is 59.9 Å². The van der Waals surface area contributed by atoms with Gasteiger partial charge in [-0.25, -0.2) is 4.98 Å². The topological polar surface area (TPSA) is 80.5 Å². The van der Waals surface area contributed by atoms with Gasteiger partial charge in [0.25, 0.3) is 0 Å². The lowest BCUT2D eigenvalue weighted by molar-refractivity contribution is 0.104. The van der Waals surface area contributed by atoms with Gasteiger partial charge in [-0.05, 0) is 47.9 Å². The molecule has 4 aromatic rings. The fraction of sp³-hybridized carbons (Fsp3) is 0.185.